The minimum Gasteiger partial charge on any atom is -0.383 e. The number of aryl methyl sites for hydroxylation is 1. The number of hydrogen-bond donors (Lipinski definition) is 1. The Morgan fingerprint density at radius 1 is 1.48 bits per heavy atom. The fourth-order valence-electron chi connectivity index (χ4n) is 2.44. The zero-order valence-electron chi connectivity index (χ0n) is 13.2. The Hall–Kier alpha value is -1.55. The van der Waals surface area contributed by atoms with Crippen molar-refractivity contribution in [3.05, 3.63) is 22.2 Å². The van der Waals surface area contributed by atoms with Crippen molar-refractivity contribution < 1.29 is 9.47 Å². The SMILES string of the molecule is COCCn1nnc(C2CN(Cc3n[nH]c(C)c3Cl)CCO2)n1. The van der Waals surface area contributed by atoms with Gasteiger partial charge < -0.3 is 9.47 Å². The minimum absolute atomic E-state index is 0.196. The molecule has 23 heavy (non-hydrogen) atoms. The Morgan fingerprint density at radius 2 is 2.35 bits per heavy atom. The van der Waals surface area contributed by atoms with Crippen LogP contribution in [0.2, 0.25) is 5.02 Å². The van der Waals surface area contributed by atoms with E-state index in [1.807, 2.05) is 6.92 Å². The van der Waals surface area contributed by atoms with E-state index in [9.17, 15) is 0 Å². The number of halogens is 1. The highest BCUT2D eigenvalue weighted by atomic mass is 35.5. The van der Waals surface area contributed by atoms with Crippen LogP contribution in [-0.2, 0) is 22.6 Å². The first-order chi connectivity index (χ1) is 11.2. The van der Waals surface area contributed by atoms with Crippen LogP contribution >= 0.6 is 11.6 Å². The first-order valence-corrected chi connectivity index (χ1v) is 7.85. The molecule has 2 aromatic rings. The molecular weight excluding hydrogens is 322 g/mol. The minimum atomic E-state index is -0.196. The van der Waals surface area contributed by atoms with Gasteiger partial charge in [-0.15, -0.1) is 10.2 Å². The number of tetrazole rings is 1. The zero-order chi connectivity index (χ0) is 16.2. The number of hydrogen-bond acceptors (Lipinski definition) is 7. The van der Waals surface area contributed by atoms with Gasteiger partial charge >= 0.3 is 0 Å². The summed E-state index contributed by atoms with van der Waals surface area (Å²) >= 11 is 6.23. The van der Waals surface area contributed by atoms with Gasteiger partial charge in [-0.3, -0.25) is 10.00 Å². The molecule has 9 nitrogen and oxygen atoms in total. The van der Waals surface area contributed by atoms with E-state index in [-0.39, 0.29) is 6.10 Å². The number of nitrogens with one attached hydrogen (secondary N) is 1. The molecule has 0 saturated carbocycles. The summed E-state index contributed by atoms with van der Waals surface area (Å²) in [6.45, 7) is 5.80. The Bertz CT molecular complexity index is 644. The van der Waals surface area contributed by atoms with Crippen LogP contribution in [0, 0.1) is 6.92 Å². The lowest BCUT2D eigenvalue weighted by Crippen LogP contribution is -2.38. The van der Waals surface area contributed by atoms with Gasteiger partial charge in [0.2, 0.25) is 5.82 Å². The maximum Gasteiger partial charge on any atom is 0.204 e. The predicted molar refractivity (Wildman–Crippen MR) is 82.0 cm³/mol. The molecule has 1 aliphatic heterocycles. The van der Waals surface area contributed by atoms with Gasteiger partial charge in [0.25, 0.3) is 0 Å². The Morgan fingerprint density at radius 3 is 3.09 bits per heavy atom. The van der Waals surface area contributed by atoms with Crippen molar-refractivity contribution in [3.8, 4) is 0 Å². The first kappa shape index (κ1) is 16.3. The van der Waals surface area contributed by atoms with E-state index in [4.69, 9.17) is 21.1 Å². The summed E-state index contributed by atoms with van der Waals surface area (Å²) < 4.78 is 10.8. The fourth-order valence-corrected chi connectivity index (χ4v) is 2.58. The molecular formula is C13H20ClN7O2. The summed E-state index contributed by atoms with van der Waals surface area (Å²) in [6, 6.07) is 0. The van der Waals surface area contributed by atoms with Crippen molar-refractivity contribution in [3.63, 3.8) is 0 Å². The molecule has 1 saturated heterocycles. The molecule has 1 fully saturated rings. The summed E-state index contributed by atoms with van der Waals surface area (Å²) in [5.41, 5.74) is 1.73. The normalized spacial score (nSPS) is 19.3. The molecule has 1 atom stereocenters. The lowest BCUT2D eigenvalue weighted by Gasteiger charge is -2.30. The first-order valence-electron chi connectivity index (χ1n) is 7.47. The monoisotopic (exact) mass is 341 g/mol. The van der Waals surface area contributed by atoms with Crippen LogP contribution < -0.4 is 0 Å². The van der Waals surface area contributed by atoms with Gasteiger partial charge in [-0.25, -0.2) is 0 Å². The zero-order valence-corrected chi connectivity index (χ0v) is 14.0. The lowest BCUT2D eigenvalue weighted by atomic mass is 10.2. The summed E-state index contributed by atoms with van der Waals surface area (Å²) in [7, 11) is 1.64. The van der Waals surface area contributed by atoms with Gasteiger partial charge in [-0.2, -0.15) is 9.90 Å². The number of nitrogens with zero attached hydrogens (tertiary/aromatic N) is 6. The third-order valence-corrected chi connectivity index (χ3v) is 4.22. The highest BCUT2D eigenvalue weighted by molar-refractivity contribution is 6.31. The van der Waals surface area contributed by atoms with Crippen molar-refractivity contribution in [2.75, 3.05) is 33.4 Å². The quantitative estimate of drug-likeness (QED) is 0.821. The molecule has 1 unspecified atom stereocenters. The van der Waals surface area contributed by atoms with Crippen LogP contribution in [0.3, 0.4) is 0 Å². The number of aromatic nitrogens is 6. The Balaban J connectivity index is 1.61. The molecule has 0 amide bonds. The second kappa shape index (κ2) is 7.35. The average Bonchev–Trinajstić information content (AvgIpc) is 3.16. The molecule has 0 radical (unpaired) electrons. The standard InChI is InChI=1S/C13H20ClN7O2/c1-9-12(14)10(16-15-9)7-20-3-6-23-11(8-20)13-17-19-21(18-13)4-5-22-2/h11H,3-8H2,1-2H3,(H,15,16). The summed E-state index contributed by atoms with van der Waals surface area (Å²) in [5.74, 6) is 0.593. The van der Waals surface area contributed by atoms with Crippen LogP contribution in [0.5, 0.6) is 0 Å². The largest absolute Gasteiger partial charge is 0.383 e. The van der Waals surface area contributed by atoms with Crippen LogP contribution in [0.1, 0.15) is 23.3 Å². The van der Waals surface area contributed by atoms with E-state index < -0.39 is 0 Å². The van der Waals surface area contributed by atoms with Gasteiger partial charge in [0.05, 0.1) is 36.2 Å². The maximum atomic E-state index is 6.23. The molecule has 0 aromatic carbocycles. The molecule has 10 heteroatoms. The van der Waals surface area contributed by atoms with Crippen molar-refractivity contribution in [1.29, 1.82) is 0 Å². The van der Waals surface area contributed by atoms with E-state index in [1.54, 1.807) is 7.11 Å². The smallest absolute Gasteiger partial charge is 0.204 e. The molecule has 1 aliphatic rings. The van der Waals surface area contributed by atoms with Crippen LogP contribution in [-0.4, -0.2) is 68.7 Å². The Labute approximate surface area is 138 Å². The summed E-state index contributed by atoms with van der Waals surface area (Å²) in [6.07, 6.45) is -0.196. The third kappa shape index (κ3) is 3.86. The number of ether oxygens (including phenoxy) is 2. The van der Waals surface area contributed by atoms with E-state index >= 15 is 0 Å². The molecule has 1 N–H and O–H groups in total. The molecule has 0 spiro atoms. The Kier molecular flexibility index (Phi) is 5.21. The van der Waals surface area contributed by atoms with E-state index in [2.05, 4.69) is 30.5 Å². The van der Waals surface area contributed by atoms with Crippen molar-refractivity contribution >= 4 is 11.6 Å². The van der Waals surface area contributed by atoms with Gasteiger partial charge in [-0.1, -0.05) is 11.6 Å². The molecule has 0 bridgehead atoms. The maximum absolute atomic E-state index is 6.23. The lowest BCUT2D eigenvalue weighted by molar-refractivity contribution is -0.0377. The van der Waals surface area contributed by atoms with Crippen molar-refractivity contribution in [2.24, 2.45) is 0 Å². The number of rotatable bonds is 6. The van der Waals surface area contributed by atoms with E-state index in [1.165, 1.54) is 4.80 Å². The molecule has 3 rings (SSSR count). The number of aromatic amines is 1. The second-order valence-electron chi connectivity index (χ2n) is 5.44. The molecule has 3 heterocycles. The van der Waals surface area contributed by atoms with Gasteiger partial charge in [-0.05, 0) is 12.1 Å². The predicted octanol–water partition coefficient (Wildman–Crippen LogP) is 0.578. The van der Waals surface area contributed by atoms with Crippen molar-refractivity contribution in [2.45, 2.75) is 26.1 Å². The van der Waals surface area contributed by atoms with Gasteiger partial charge in [0.15, 0.2) is 0 Å². The molecule has 0 aliphatic carbocycles. The van der Waals surface area contributed by atoms with Crippen LogP contribution in [0.15, 0.2) is 0 Å². The van der Waals surface area contributed by atoms with Crippen molar-refractivity contribution in [1.82, 2.24) is 35.3 Å². The summed E-state index contributed by atoms with van der Waals surface area (Å²) in [4.78, 5) is 3.75. The van der Waals surface area contributed by atoms with Crippen LogP contribution in [0.4, 0.5) is 0 Å². The topological polar surface area (TPSA) is 94.0 Å². The molecule has 2 aromatic heterocycles. The second-order valence-corrected chi connectivity index (χ2v) is 5.82. The average molecular weight is 342 g/mol. The van der Waals surface area contributed by atoms with E-state index in [0.717, 1.165) is 17.9 Å². The number of methoxy groups -OCH3 is 1. The third-order valence-electron chi connectivity index (χ3n) is 3.72. The highest BCUT2D eigenvalue weighted by Gasteiger charge is 2.26. The summed E-state index contributed by atoms with van der Waals surface area (Å²) in [5, 5.41) is 20.3. The van der Waals surface area contributed by atoms with E-state index in [0.29, 0.717) is 43.7 Å². The number of morpholine rings is 1. The fraction of sp³-hybridized carbons (Fsp3) is 0.692. The van der Waals surface area contributed by atoms with Gasteiger partial charge in [0, 0.05) is 26.7 Å². The number of H-pyrrole nitrogens is 1. The van der Waals surface area contributed by atoms with Gasteiger partial charge in [0.1, 0.15) is 6.10 Å². The molecule has 126 valence electrons. The highest BCUT2D eigenvalue weighted by Crippen LogP contribution is 2.23. The van der Waals surface area contributed by atoms with Crippen LogP contribution in [0.25, 0.3) is 0 Å².